The molecule has 0 saturated heterocycles. The Morgan fingerprint density at radius 2 is 2.00 bits per heavy atom. The average Bonchev–Trinajstić information content (AvgIpc) is 2.63. The Bertz CT molecular complexity index is 476. The SMILES string of the molecule is Cc1c(CCO)cnn1-c1ccc(Br)cc1. The molecule has 0 spiro atoms. The summed E-state index contributed by atoms with van der Waals surface area (Å²) in [6, 6.07) is 7.99. The smallest absolute Gasteiger partial charge is 0.0649 e. The molecule has 4 heteroatoms. The zero-order valence-corrected chi connectivity index (χ0v) is 10.6. The minimum atomic E-state index is 0.160. The van der Waals surface area contributed by atoms with Crippen molar-refractivity contribution < 1.29 is 5.11 Å². The van der Waals surface area contributed by atoms with Crippen molar-refractivity contribution in [3.05, 3.63) is 46.2 Å². The normalized spacial score (nSPS) is 10.7. The maximum Gasteiger partial charge on any atom is 0.0649 e. The third-order valence-electron chi connectivity index (χ3n) is 2.56. The first-order chi connectivity index (χ1) is 7.72. The van der Waals surface area contributed by atoms with Crippen LogP contribution in [0.15, 0.2) is 34.9 Å². The molecule has 0 unspecified atom stereocenters. The van der Waals surface area contributed by atoms with Crippen molar-refractivity contribution in [3.8, 4) is 5.69 Å². The van der Waals surface area contributed by atoms with Crippen LogP contribution in [0.25, 0.3) is 5.69 Å². The third-order valence-corrected chi connectivity index (χ3v) is 3.09. The molecule has 0 aliphatic rings. The summed E-state index contributed by atoms with van der Waals surface area (Å²) in [5.41, 5.74) is 3.20. The van der Waals surface area contributed by atoms with E-state index in [1.165, 1.54) is 0 Å². The van der Waals surface area contributed by atoms with E-state index in [1.54, 1.807) is 0 Å². The van der Waals surface area contributed by atoms with E-state index in [4.69, 9.17) is 5.11 Å². The van der Waals surface area contributed by atoms with E-state index in [0.29, 0.717) is 6.42 Å². The van der Waals surface area contributed by atoms with Crippen molar-refractivity contribution in [3.63, 3.8) is 0 Å². The second-order valence-electron chi connectivity index (χ2n) is 3.62. The quantitative estimate of drug-likeness (QED) is 0.938. The molecule has 1 heterocycles. The minimum Gasteiger partial charge on any atom is -0.396 e. The Morgan fingerprint density at radius 3 is 2.62 bits per heavy atom. The van der Waals surface area contributed by atoms with Crippen LogP contribution in [-0.2, 0) is 6.42 Å². The first-order valence-corrected chi connectivity index (χ1v) is 5.92. The molecule has 0 aliphatic heterocycles. The van der Waals surface area contributed by atoms with E-state index in [9.17, 15) is 0 Å². The van der Waals surface area contributed by atoms with Crippen molar-refractivity contribution in [2.75, 3.05) is 6.61 Å². The van der Waals surface area contributed by atoms with Crippen LogP contribution in [0.5, 0.6) is 0 Å². The van der Waals surface area contributed by atoms with Gasteiger partial charge in [-0.2, -0.15) is 5.10 Å². The maximum absolute atomic E-state index is 8.92. The molecule has 0 bridgehead atoms. The molecule has 0 aliphatic carbocycles. The van der Waals surface area contributed by atoms with Gasteiger partial charge in [-0.3, -0.25) is 0 Å². The van der Waals surface area contributed by atoms with Crippen LogP contribution in [0.4, 0.5) is 0 Å². The lowest BCUT2D eigenvalue weighted by molar-refractivity contribution is 0.299. The van der Waals surface area contributed by atoms with Gasteiger partial charge in [0, 0.05) is 16.8 Å². The Labute approximate surface area is 103 Å². The minimum absolute atomic E-state index is 0.160. The molecule has 1 N–H and O–H groups in total. The van der Waals surface area contributed by atoms with Gasteiger partial charge in [0.25, 0.3) is 0 Å². The van der Waals surface area contributed by atoms with Gasteiger partial charge in [0.05, 0.1) is 11.9 Å². The summed E-state index contributed by atoms with van der Waals surface area (Å²) >= 11 is 3.40. The molecule has 0 amide bonds. The topological polar surface area (TPSA) is 38.1 Å². The maximum atomic E-state index is 8.92. The van der Waals surface area contributed by atoms with Crippen LogP contribution >= 0.6 is 15.9 Å². The molecular formula is C12H13BrN2O. The van der Waals surface area contributed by atoms with E-state index in [0.717, 1.165) is 21.4 Å². The van der Waals surface area contributed by atoms with Gasteiger partial charge < -0.3 is 5.11 Å². The number of hydrogen-bond donors (Lipinski definition) is 1. The molecule has 3 nitrogen and oxygen atoms in total. The van der Waals surface area contributed by atoms with Crippen molar-refractivity contribution >= 4 is 15.9 Å². The molecule has 0 atom stereocenters. The highest BCUT2D eigenvalue weighted by Crippen LogP contribution is 2.17. The molecule has 84 valence electrons. The number of halogens is 1. The summed E-state index contributed by atoms with van der Waals surface area (Å²) in [4.78, 5) is 0. The highest BCUT2D eigenvalue weighted by Gasteiger charge is 2.07. The monoisotopic (exact) mass is 280 g/mol. The highest BCUT2D eigenvalue weighted by atomic mass is 79.9. The first-order valence-electron chi connectivity index (χ1n) is 5.12. The van der Waals surface area contributed by atoms with Gasteiger partial charge in [-0.1, -0.05) is 15.9 Å². The van der Waals surface area contributed by atoms with Crippen LogP contribution in [0.3, 0.4) is 0 Å². The summed E-state index contributed by atoms with van der Waals surface area (Å²) in [7, 11) is 0. The number of benzene rings is 1. The summed E-state index contributed by atoms with van der Waals surface area (Å²) < 4.78 is 2.94. The van der Waals surface area contributed by atoms with E-state index >= 15 is 0 Å². The van der Waals surface area contributed by atoms with E-state index in [2.05, 4.69) is 21.0 Å². The van der Waals surface area contributed by atoms with Crippen molar-refractivity contribution in [2.45, 2.75) is 13.3 Å². The lowest BCUT2D eigenvalue weighted by Gasteiger charge is -2.05. The van der Waals surface area contributed by atoms with Gasteiger partial charge in [-0.25, -0.2) is 4.68 Å². The molecule has 0 saturated carbocycles. The largest absolute Gasteiger partial charge is 0.396 e. The summed E-state index contributed by atoms with van der Waals surface area (Å²) in [6.07, 6.45) is 2.47. The number of nitrogens with zero attached hydrogens (tertiary/aromatic N) is 2. The van der Waals surface area contributed by atoms with Gasteiger partial charge >= 0.3 is 0 Å². The van der Waals surface area contributed by atoms with E-state index < -0.39 is 0 Å². The number of hydrogen-bond acceptors (Lipinski definition) is 2. The molecule has 1 aromatic heterocycles. The zero-order valence-electron chi connectivity index (χ0n) is 9.02. The summed E-state index contributed by atoms with van der Waals surface area (Å²) in [5, 5.41) is 13.2. The Morgan fingerprint density at radius 1 is 1.31 bits per heavy atom. The third kappa shape index (κ3) is 2.18. The predicted molar refractivity (Wildman–Crippen MR) is 66.8 cm³/mol. The summed E-state index contributed by atoms with van der Waals surface area (Å²) in [5.74, 6) is 0. The summed E-state index contributed by atoms with van der Waals surface area (Å²) in [6.45, 7) is 2.17. The average molecular weight is 281 g/mol. The van der Waals surface area contributed by atoms with Gasteiger partial charge in [0.1, 0.15) is 0 Å². The fraction of sp³-hybridized carbons (Fsp3) is 0.250. The highest BCUT2D eigenvalue weighted by molar-refractivity contribution is 9.10. The molecule has 2 aromatic rings. The van der Waals surface area contributed by atoms with Gasteiger partial charge in [0.15, 0.2) is 0 Å². The Hall–Kier alpha value is -1.13. The van der Waals surface area contributed by atoms with Crippen LogP contribution in [0.2, 0.25) is 0 Å². The van der Waals surface area contributed by atoms with Crippen LogP contribution in [0.1, 0.15) is 11.3 Å². The molecule has 1 aromatic carbocycles. The Kier molecular flexibility index (Phi) is 3.41. The predicted octanol–water partition coefficient (Wildman–Crippen LogP) is 2.48. The van der Waals surface area contributed by atoms with Gasteiger partial charge in [0.2, 0.25) is 0 Å². The number of aromatic nitrogens is 2. The number of rotatable bonds is 3. The molecular weight excluding hydrogens is 268 g/mol. The number of aliphatic hydroxyl groups excluding tert-OH is 1. The lowest BCUT2D eigenvalue weighted by Crippen LogP contribution is -2.00. The molecule has 0 radical (unpaired) electrons. The van der Waals surface area contributed by atoms with Crippen LogP contribution < -0.4 is 0 Å². The second-order valence-corrected chi connectivity index (χ2v) is 4.53. The fourth-order valence-corrected chi connectivity index (χ4v) is 1.92. The second kappa shape index (κ2) is 4.80. The van der Waals surface area contributed by atoms with Crippen molar-refractivity contribution in [1.82, 2.24) is 9.78 Å². The van der Waals surface area contributed by atoms with E-state index in [-0.39, 0.29) is 6.61 Å². The fourth-order valence-electron chi connectivity index (χ4n) is 1.65. The zero-order chi connectivity index (χ0) is 11.5. The lowest BCUT2D eigenvalue weighted by atomic mass is 10.2. The molecule has 16 heavy (non-hydrogen) atoms. The molecule has 0 fully saturated rings. The van der Waals surface area contributed by atoms with Crippen LogP contribution in [-0.4, -0.2) is 21.5 Å². The van der Waals surface area contributed by atoms with Gasteiger partial charge in [-0.15, -0.1) is 0 Å². The molecule has 2 rings (SSSR count). The Balaban J connectivity index is 2.37. The van der Waals surface area contributed by atoms with Crippen LogP contribution in [0, 0.1) is 6.92 Å². The number of aliphatic hydroxyl groups is 1. The van der Waals surface area contributed by atoms with Crippen molar-refractivity contribution in [1.29, 1.82) is 0 Å². The first kappa shape index (κ1) is 11.4. The van der Waals surface area contributed by atoms with Gasteiger partial charge in [-0.05, 0) is 43.2 Å². The standard InChI is InChI=1S/C12H13BrN2O/c1-9-10(6-7-16)8-14-15(9)12-4-2-11(13)3-5-12/h2-5,8,16H,6-7H2,1H3. The van der Waals surface area contributed by atoms with Crippen molar-refractivity contribution in [2.24, 2.45) is 0 Å². The van der Waals surface area contributed by atoms with E-state index in [1.807, 2.05) is 42.1 Å².